The molecule has 9 unspecified atom stereocenters. The average molecular weight is 784 g/mol. The third kappa shape index (κ3) is 24.7. The van der Waals surface area contributed by atoms with Crippen LogP contribution in [0.25, 0.3) is 0 Å². The molecule has 0 spiro atoms. The van der Waals surface area contributed by atoms with Crippen molar-refractivity contribution in [1.29, 1.82) is 0 Å². The van der Waals surface area contributed by atoms with Gasteiger partial charge >= 0.3 is 0 Å². The number of rotatable bonds is 35. The Kier molecular flexibility index (Phi) is 32.1. The number of carbonyl (C=O) groups is 1. The van der Waals surface area contributed by atoms with E-state index in [4.69, 9.17) is 9.47 Å². The highest BCUT2D eigenvalue weighted by atomic mass is 16.7. The summed E-state index contributed by atoms with van der Waals surface area (Å²) < 4.78 is 11.0. The highest BCUT2D eigenvalue weighted by molar-refractivity contribution is 5.80. The first-order chi connectivity index (χ1) is 26.7. The minimum absolute atomic E-state index is 0.241. The third-order valence-electron chi connectivity index (χ3n) is 10.4. The molecule has 55 heavy (non-hydrogen) atoms. The Balaban J connectivity index is 2.53. The number of hydrogen-bond acceptors (Lipinski definition) is 10. The second-order valence-corrected chi connectivity index (χ2v) is 15.4. The van der Waals surface area contributed by atoms with E-state index in [1.165, 1.54) is 77.0 Å². The summed E-state index contributed by atoms with van der Waals surface area (Å²) >= 11 is 0. The predicted molar refractivity (Wildman–Crippen MR) is 219 cm³/mol. The Morgan fingerprint density at radius 2 is 1.09 bits per heavy atom. The molecule has 0 saturated carbocycles. The number of aliphatic hydroxyl groups is 7. The molecule has 0 radical (unpaired) electrons. The van der Waals surface area contributed by atoms with Gasteiger partial charge in [-0.25, -0.2) is 0 Å². The fourth-order valence-corrected chi connectivity index (χ4v) is 6.71. The minimum atomic E-state index is -1.67. The predicted octanol–water partition coefficient (Wildman–Crippen LogP) is 6.44. The maximum atomic E-state index is 13.0. The molecule has 1 amide bonds. The summed E-state index contributed by atoms with van der Waals surface area (Å²) in [6.07, 6.45) is 26.3. The summed E-state index contributed by atoms with van der Waals surface area (Å²) in [6.45, 7) is 3.36. The van der Waals surface area contributed by atoms with Crippen LogP contribution in [0.1, 0.15) is 168 Å². The highest BCUT2D eigenvalue weighted by Crippen LogP contribution is 2.23. The second-order valence-electron chi connectivity index (χ2n) is 15.4. The molecule has 11 nitrogen and oxygen atoms in total. The summed E-state index contributed by atoms with van der Waals surface area (Å²) in [6, 6.07) is -1.19. The maximum absolute atomic E-state index is 13.0. The van der Waals surface area contributed by atoms with Gasteiger partial charge in [-0.2, -0.15) is 0 Å². The molecule has 0 aromatic carbocycles. The van der Waals surface area contributed by atoms with Gasteiger partial charge in [0.1, 0.15) is 36.6 Å². The molecule has 1 aliphatic rings. The van der Waals surface area contributed by atoms with Crippen molar-refractivity contribution in [3.05, 3.63) is 36.5 Å². The lowest BCUT2D eigenvalue weighted by Crippen LogP contribution is -2.60. The molecular formula is C44H81NO10. The number of ether oxygens (including phenoxy) is 2. The van der Waals surface area contributed by atoms with E-state index in [1.54, 1.807) is 0 Å². The maximum Gasteiger partial charge on any atom is 0.249 e. The van der Waals surface area contributed by atoms with Crippen LogP contribution in [0, 0.1) is 0 Å². The van der Waals surface area contributed by atoms with Gasteiger partial charge in [0.05, 0.1) is 25.4 Å². The third-order valence-corrected chi connectivity index (χ3v) is 10.4. The van der Waals surface area contributed by atoms with Crippen molar-refractivity contribution in [2.24, 2.45) is 0 Å². The van der Waals surface area contributed by atoms with Crippen LogP contribution in [-0.2, 0) is 14.3 Å². The van der Waals surface area contributed by atoms with Crippen molar-refractivity contribution in [2.45, 2.75) is 223 Å². The van der Waals surface area contributed by atoms with Gasteiger partial charge in [0.15, 0.2) is 6.29 Å². The van der Waals surface area contributed by atoms with E-state index < -0.39 is 74.2 Å². The van der Waals surface area contributed by atoms with Crippen LogP contribution in [0.5, 0.6) is 0 Å². The molecule has 1 aliphatic heterocycles. The average Bonchev–Trinajstić information content (AvgIpc) is 3.18. The lowest BCUT2D eigenvalue weighted by atomic mass is 9.98. The fourth-order valence-electron chi connectivity index (χ4n) is 6.71. The molecule has 1 heterocycles. The van der Waals surface area contributed by atoms with Crippen LogP contribution in [-0.4, -0.2) is 110 Å². The standard InChI is InChI=1S/C44H81NO10/c1-3-5-7-9-11-13-15-16-17-18-19-20-21-22-24-25-27-29-31-36(47)39(49)35(34-54-44-42(52)41(51)40(50)38(33-46)55-44)45-43(53)37(48)32-30-28-26-23-14-12-10-8-6-4-2/h15-16,19-20,24-25,35-42,44,46-52H,3-14,17-18,21-23,26-34H2,1-2H3,(H,45,53)/b16-15+,20-19+,25-24+. The summed E-state index contributed by atoms with van der Waals surface area (Å²) in [4.78, 5) is 13.0. The smallest absolute Gasteiger partial charge is 0.249 e. The summed E-state index contributed by atoms with van der Waals surface area (Å²) in [5, 5.41) is 75.4. The van der Waals surface area contributed by atoms with Gasteiger partial charge < -0.3 is 50.5 Å². The van der Waals surface area contributed by atoms with Gasteiger partial charge in [-0.3, -0.25) is 4.79 Å². The number of aliphatic hydroxyl groups excluding tert-OH is 7. The van der Waals surface area contributed by atoms with E-state index in [2.05, 4.69) is 55.6 Å². The van der Waals surface area contributed by atoms with Crippen LogP contribution >= 0.6 is 0 Å². The molecule has 1 fully saturated rings. The van der Waals surface area contributed by atoms with E-state index in [0.29, 0.717) is 19.3 Å². The SMILES string of the molecule is CCCCCCC/C=C/CC/C=C/CC/C=C/CCCC(O)C(O)C(COC1OC(CO)C(O)C(O)C1O)NC(=O)C(O)CCCCCCCCCCCC. The zero-order chi connectivity index (χ0) is 40.5. The summed E-state index contributed by atoms with van der Waals surface area (Å²) in [5.74, 6) is -0.716. The van der Waals surface area contributed by atoms with Crippen molar-refractivity contribution in [2.75, 3.05) is 13.2 Å². The Hall–Kier alpha value is -1.67. The Morgan fingerprint density at radius 3 is 1.62 bits per heavy atom. The van der Waals surface area contributed by atoms with Crippen molar-refractivity contribution >= 4 is 5.91 Å². The number of unbranched alkanes of at least 4 members (excludes halogenated alkanes) is 17. The molecular weight excluding hydrogens is 702 g/mol. The molecule has 322 valence electrons. The first-order valence-electron chi connectivity index (χ1n) is 21.9. The fraction of sp³-hybridized carbons (Fsp3) is 0.841. The van der Waals surface area contributed by atoms with Crippen LogP contribution in [0.3, 0.4) is 0 Å². The molecule has 0 aliphatic carbocycles. The monoisotopic (exact) mass is 784 g/mol. The summed E-state index contributed by atoms with van der Waals surface area (Å²) in [7, 11) is 0. The van der Waals surface area contributed by atoms with Gasteiger partial charge in [-0.1, -0.05) is 140 Å². The van der Waals surface area contributed by atoms with Crippen molar-refractivity contribution in [1.82, 2.24) is 5.32 Å². The van der Waals surface area contributed by atoms with Gasteiger partial charge in [0.2, 0.25) is 5.91 Å². The minimum Gasteiger partial charge on any atom is -0.394 e. The quantitative estimate of drug-likeness (QED) is 0.0262. The van der Waals surface area contributed by atoms with E-state index >= 15 is 0 Å². The summed E-state index contributed by atoms with van der Waals surface area (Å²) in [5.41, 5.74) is 0. The van der Waals surface area contributed by atoms with Crippen molar-refractivity contribution in [3.8, 4) is 0 Å². The Labute approximate surface area is 333 Å². The molecule has 11 heteroatoms. The first kappa shape index (κ1) is 51.3. The lowest BCUT2D eigenvalue weighted by molar-refractivity contribution is -0.303. The van der Waals surface area contributed by atoms with Gasteiger partial charge in [0.25, 0.3) is 0 Å². The van der Waals surface area contributed by atoms with E-state index in [0.717, 1.165) is 44.9 Å². The number of allylic oxidation sites excluding steroid dienone is 6. The number of nitrogens with one attached hydrogen (secondary N) is 1. The van der Waals surface area contributed by atoms with Gasteiger partial charge in [0, 0.05) is 0 Å². The Bertz CT molecular complexity index is 992. The van der Waals surface area contributed by atoms with Crippen LogP contribution in [0.4, 0.5) is 0 Å². The molecule has 9 atom stereocenters. The molecule has 8 N–H and O–H groups in total. The highest BCUT2D eigenvalue weighted by Gasteiger charge is 2.44. The van der Waals surface area contributed by atoms with Crippen LogP contribution in [0.2, 0.25) is 0 Å². The number of amides is 1. The largest absolute Gasteiger partial charge is 0.394 e. The lowest BCUT2D eigenvalue weighted by Gasteiger charge is -2.40. The van der Waals surface area contributed by atoms with Gasteiger partial charge in [-0.05, 0) is 64.2 Å². The van der Waals surface area contributed by atoms with E-state index in [9.17, 15) is 40.5 Å². The van der Waals surface area contributed by atoms with Crippen molar-refractivity contribution in [3.63, 3.8) is 0 Å². The molecule has 0 aromatic rings. The molecule has 0 aromatic heterocycles. The van der Waals surface area contributed by atoms with Crippen LogP contribution in [0.15, 0.2) is 36.5 Å². The van der Waals surface area contributed by atoms with Gasteiger partial charge in [-0.15, -0.1) is 0 Å². The van der Waals surface area contributed by atoms with E-state index in [-0.39, 0.29) is 12.8 Å². The second kappa shape index (κ2) is 34.4. The zero-order valence-electron chi connectivity index (χ0n) is 34.4. The van der Waals surface area contributed by atoms with Crippen molar-refractivity contribution < 1.29 is 50.0 Å². The van der Waals surface area contributed by atoms with E-state index in [1.807, 2.05) is 0 Å². The normalized spacial score (nSPS) is 22.8. The first-order valence-corrected chi connectivity index (χ1v) is 21.9. The number of carbonyl (C=O) groups excluding carboxylic acids is 1. The zero-order valence-corrected chi connectivity index (χ0v) is 34.4. The molecule has 0 bridgehead atoms. The van der Waals surface area contributed by atoms with Crippen LogP contribution < -0.4 is 5.32 Å². The Morgan fingerprint density at radius 1 is 0.618 bits per heavy atom. The molecule has 1 rings (SSSR count). The molecule has 1 saturated heterocycles. The number of hydrogen-bond donors (Lipinski definition) is 8. The topological polar surface area (TPSA) is 189 Å².